The average Bonchev–Trinajstić information content (AvgIpc) is 2.54. The first-order valence-corrected chi connectivity index (χ1v) is 8.84. The van der Waals surface area contributed by atoms with Crippen molar-refractivity contribution in [3.63, 3.8) is 0 Å². The quantitative estimate of drug-likeness (QED) is 0.848. The van der Waals surface area contributed by atoms with E-state index >= 15 is 0 Å². The second kappa shape index (κ2) is 8.46. The SMILES string of the molecule is CC(C)N(Cc1ccccc1)C1CCCCC1NC(=O)[C@H](C)N. The molecule has 1 aliphatic rings. The molecule has 1 amide bonds. The summed E-state index contributed by atoms with van der Waals surface area (Å²) in [6.45, 7) is 7.15. The van der Waals surface area contributed by atoms with E-state index in [9.17, 15) is 4.79 Å². The lowest BCUT2D eigenvalue weighted by Crippen LogP contribution is -2.56. The molecule has 3 N–H and O–H groups in total. The van der Waals surface area contributed by atoms with Crippen molar-refractivity contribution in [3.8, 4) is 0 Å². The normalized spacial score (nSPS) is 23.0. The van der Waals surface area contributed by atoms with Gasteiger partial charge in [-0.25, -0.2) is 0 Å². The van der Waals surface area contributed by atoms with E-state index in [4.69, 9.17) is 5.73 Å². The summed E-state index contributed by atoms with van der Waals surface area (Å²) in [7, 11) is 0. The molecule has 0 heterocycles. The van der Waals surface area contributed by atoms with Crippen molar-refractivity contribution in [1.82, 2.24) is 10.2 Å². The molecule has 2 unspecified atom stereocenters. The Morgan fingerprint density at radius 2 is 1.87 bits per heavy atom. The molecule has 0 radical (unpaired) electrons. The number of amides is 1. The van der Waals surface area contributed by atoms with Gasteiger partial charge in [0.25, 0.3) is 0 Å². The minimum atomic E-state index is -0.445. The van der Waals surface area contributed by atoms with Crippen LogP contribution < -0.4 is 11.1 Å². The molecule has 0 aromatic heterocycles. The molecule has 2 rings (SSSR count). The van der Waals surface area contributed by atoms with Crippen molar-refractivity contribution >= 4 is 5.91 Å². The van der Waals surface area contributed by atoms with Crippen molar-refractivity contribution in [2.45, 2.75) is 77.2 Å². The Balaban J connectivity index is 2.12. The van der Waals surface area contributed by atoms with Gasteiger partial charge in [0.05, 0.1) is 6.04 Å². The van der Waals surface area contributed by atoms with Crippen LogP contribution in [0.4, 0.5) is 0 Å². The lowest BCUT2D eigenvalue weighted by molar-refractivity contribution is -0.123. The summed E-state index contributed by atoms with van der Waals surface area (Å²) < 4.78 is 0. The third-order valence-corrected chi connectivity index (χ3v) is 4.77. The smallest absolute Gasteiger partial charge is 0.236 e. The monoisotopic (exact) mass is 317 g/mol. The Bertz CT molecular complexity index is 487. The van der Waals surface area contributed by atoms with Gasteiger partial charge in [0, 0.05) is 24.7 Å². The second-order valence-corrected chi connectivity index (χ2v) is 7.01. The molecule has 1 fully saturated rings. The fraction of sp³-hybridized carbons (Fsp3) is 0.632. The Hall–Kier alpha value is -1.39. The molecule has 4 heteroatoms. The van der Waals surface area contributed by atoms with E-state index in [1.54, 1.807) is 6.92 Å². The van der Waals surface area contributed by atoms with Gasteiger partial charge in [-0.15, -0.1) is 0 Å². The molecular formula is C19H31N3O. The maximum absolute atomic E-state index is 12.1. The fourth-order valence-corrected chi connectivity index (χ4v) is 3.47. The van der Waals surface area contributed by atoms with Gasteiger partial charge >= 0.3 is 0 Å². The summed E-state index contributed by atoms with van der Waals surface area (Å²) in [5.41, 5.74) is 7.06. The number of nitrogens with zero attached hydrogens (tertiary/aromatic N) is 1. The average molecular weight is 317 g/mol. The summed E-state index contributed by atoms with van der Waals surface area (Å²) in [5, 5.41) is 3.18. The van der Waals surface area contributed by atoms with Crippen molar-refractivity contribution in [1.29, 1.82) is 0 Å². The molecule has 0 bridgehead atoms. The van der Waals surface area contributed by atoms with Gasteiger partial charge in [0.15, 0.2) is 0 Å². The molecule has 1 aliphatic carbocycles. The van der Waals surface area contributed by atoms with Crippen molar-refractivity contribution in [2.75, 3.05) is 0 Å². The van der Waals surface area contributed by atoms with Crippen LogP contribution in [0.3, 0.4) is 0 Å². The molecule has 23 heavy (non-hydrogen) atoms. The van der Waals surface area contributed by atoms with Gasteiger partial charge in [-0.1, -0.05) is 43.2 Å². The number of carbonyl (C=O) groups excluding carboxylic acids is 1. The van der Waals surface area contributed by atoms with E-state index < -0.39 is 6.04 Å². The Morgan fingerprint density at radius 1 is 1.22 bits per heavy atom. The number of benzene rings is 1. The number of nitrogens with two attached hydrogens (primary N) is 1. The zero-order valence-electron chi connectivity index (χ0n) is 14.7. The topological polar surface area (TPSA) is 58.4 Å². The maximum atomic E-state index is 12.1. The third kappa shape index (κ3) is 5.05. The standard InChI is InChI=1S/C19H31N3O/c1-14(2)22(13-16-9-5-4-6-10-16)18-12-8-7-11-17(18)21-19(23)15(3)20/h4-6,9-10,14-15,17-18H,7-8,11-13,20H2,1-3H3,(H,21,23)/t15-,17?,18?/m0/s1. The van der Waals surface area contributed by atoms with Gasteiger partial charge in [0.1, 0.15) is 0 Å². The number of hydrogen-bond donors (Lipinski definition) is 2. The zero-order chi connectivity index (χ0) is 16.8. The predicted octanol–water partition coefficient (Wildman–Crippen LogP) is 2.67. The van der Waals surface area contributed by atoms with Gasteiger partial charge in [-0.2, -0.15) is 0 Å². The van der Waals surface area contributed by atoms with E-state index in [1.165, 1.54) is 18.4 Å². The van der Waals surface area contributed by atoms with E-state index in [-0.39, 0.29) is 11.9 Å². The second-order valence-electron chi connectivity index (χ2n) is 7.01. The fourth-order valence-electron chi connectivity index (χ4n) is 3.47. The number of rotatable bonds is 6. The summed E-state index contributed by atoms with van der Waals surface area (Å²) in [4.78, 5) is 14.6. The van der Waals surface area contributed by atoms with Crippen LogP contribution in [0.2, 0.25) is 0 Å². The Kier molecular flexibility index (Phi) is 6.60. The Morgan fingerprint density at radius 3 is 2.48 bits per heavy atom. The minimum Gasteiger partial charge on any atom is -0.350 e. The molecule has 1 aromatic rings. The molecule has 0 aliphatic heterocycles. The molecule has 4 nitrogen and oxygen atoms in total. The number of hydrogen-bond acceptors (Lipinski definition) is 3. The first-order chi connectivity index (χ1) is 11.0. The van der Waals surface area contributed by atoms with E-state index in [0.717, 1.165) is 19.4 Å². The van der Waals surface area contributed by atoms with E-state index in [1.807, 2.05) is 0 Å². The van der Waals surface area contributed by atoms with Crippen molar-refractivity contribution in [3.05, 3.63) is 35.9 Å². The first kappa shape index (κ1) is 18.0. The van der Waals surface area contributed by atoms with Crippen LogP contribution in [0.5, 0.6) is 0 Å². The lowest BCUT2D eigenvalue weighted by atomic mass is 9.88. The van der Waals surface area contributed by atoms with Gasteiger partial charge in [-0.05, 0) is 39.2 Å². The highest BCUT2D eigenvalue weighted by Crippen LogP contribution is 2.26. The van der Waals surface area contributed by atoms with E-state index in [2.05, 4.69) is 54.4 Å². The third-order valence-electron chi connectivity index (χ3n) is 4.77. The number of nitrogens with one attached hydrogen (secondary N) is 1. The van der Waals surface area contributed by atoms with Crippen LogP contribution in [0, 0.1) is 0 Å². The minimum absolute atomic E-state index is 0.0367. The Labute approximate surface area is 140 Å². The number of carbonyl (C=O) groups is 1. The molecule has 0 saturated heterocycles. The van der Waals surface area contributed by atoms with Crippen molar-refractivity contribution in [2.24, 2.45) is 5.73 Å². The van der Waals surface area contributed by atoms with Gasteiger partial charge in [-0.3, -0.25) is 9.69 Å². The maximum Gasteiger partial charge on any atom is 0.236 e. The zero-order valence-corrected chi connectivity index (χ0v) is 14.7. The summed E-state index contributed by atoms with van der Waals surface area (Å²) in [6.07, 6.45) is 4.58. The first-order valence-electron chi connectivity index (χ1n) is 8.84. The van der Waals surface area contributed by atoms with Crippen LogP contribution in [-0.4, -0.2) is 35.0 Å². The largest absolute Gasteiger partial charge is 0.350 e. The van der Waals surface area contributed by atoms with Crippen LogP contribution in [0.1, 0.15) is 52.0 Å². The summed E-state index contributed by atoms with van der Waals surface area (Å²) in [6, 6.07) is 11.2. The molecular weight excluding hydrogens is 286 g/mol. The van der Waals surface area contributed by atoms with Crippen LogP contribution in [-0.2, 0) is 11.3 Å². The highest BCUT2D eigenvalue weighted by atomic mass is 16.2. The van der Waals surface area contributed by atoms with Crippen LogP contribution >= 0.6 is 0 Å². The van der Waals surface area contributed by atoms with Gasteiger partial charge < -0.3 is 11.1 Å². The van der Waals surface area contributed by atoms with Crippen molar-refractivity contribution < 1.29 is 4.79 Å². The predicted molar refractivity (Wildman–Crippen MR) is 95.0 cm³/mol. The highest BCUT2D eigenvalue weighted by Gasteiger charge is 2.32. The van der Waals surface area contributed by atoms with E-state index in [0.29, 0.717) is 12.1 Å². The lowest BCUT2D eigenvalue weighted by Gasteiger charge is -2.42. The van der Waals surface area contributed by atoms with Crippen LogP contribution in [0.25, 0.3) is 0 Å². The summed E-state index contributed by atoms with van der Waals surface area (Å²) in [5.74, 6) is -0.0367. The highest BCUT2D eigenvalue weighted by molar-refractivity contribution is 5.81. The van der Waals surface area contributed by atoms with Gasteiger partial charge in [0.2, 0.25) is 5.91 Å². The molecule has 0 spiro atoms. The molecule has 1 aromatic carbocycles. The summed E-state index contributed by atoms with van der Waals surface area (Å²) >= 11 is 0. The molecule has 1 saturated carbocycles. The molecule has 3 atom stereocenters. The molecule has 128 valence electrons. The van der Waals surface area contributed by atoms with Crippen LogP contribution in [0.15, 0.2) is 30.3 Å².